The van der Waals surface area contributed by atoms with Gasteiger partial charge in [-0.2, -0.15) is 0 Å². The van der Waals surface area contributed by atoms with E-state index in [0.717, 1.165) is 39.3 Å². The van der Waals surface area contributed by atoms with E-state index < -0.39 is 0 Å². The molecule has 0 aromatic rings. The van der Waals surface area contributed by atoms with Crippen molar-refractivity contribution in [3.05, 3.63) is 0 Å². The summed E-state index contributed by atoms with van der Waals surface area (Å²) in [7, 11) is 8.88. The molecule has 4 heteroatoms. The van der Waals surface area contributed by atoms with Crippen molar-refractivity contribution in [1.82, 2.24) is 9.80 Å². The lowest BCUT2D eigenvalue weighted by molar-refractivity contribution is -0.0786. The largest absolute Gasteiger partial charge is 0.381 e. The Hall–Kier alpha value is -0.160. The third kappa shape index (κ3) is 18.7. The van der Waals surface area contributed by atoms with E-state index in [1.54, 1.807) is 0 Å². The lowest BCUT2D eigenvalue weighted by Gasteiger charge is -2.45. The smallest absolute Gasteiger partial charge is 0.0560 e. The monoisotopic (exact) mass is 527 g/mol. The minimum Gasteiger partial charge on any atom is -0.381 e. The summed E-state index contributed by atoms with van der Waals surface area (Å²) in [6.45, 7) is 12.6. The van der Waals surface area contributed by atoms with Crippen LogP contribution in [-0.4, -0.2) is 76.5 Å². The fourth-order valence-electron chi connectivity index (χ4n) is 5.83. The minimum absolute atomic E-state index is 0.0161. The zero-order valence-corrected chi connectivity index (χ0v) is 26.9. The highest BCUT2D eigenvalue weighted by Gasteiger charge is 2.41. The van der Waals surface area contributed by atoms with Crippen molar-refractivity contribution in [2.75, 3.05) is 54.6 Å². The molecule has 0 rings (SSSR count). The number of nitrogens with zero attached hydrogens (tertiary/aromatic N) is 2. The molecule has 0 aromatic carbocycles. The van der Waals surface area contributed by atoms with Crippen LogP contribution in [0.1, 0.15) is 143 Å². The first-order chi connectivity index (χ1) is 17.8. The molecule has 0 N–H and O–H groups in total. The van der Waals surface area contributed by atoms with Crippen LogP contribution in [-0.2, 0) is 9.47 Å². The molecule has 2 unspecified atom stereocenters. The van der Waals surface area contributed by atoms with E-state index >= 15 is 0 Å². The molecule has 0 saturated heterocycles. The Morgan fingerprint density at radius 1 is 0.541 bits per heavy atom. The summed E-state index contributed by atoms with van der Waals surface area (Å²) < 4.78 is 13.0. The fourth-order valence-corrected chi connectivity index (χ4v) is 5.83. The zero-order valence-electron chi connectivity index (χ0n) is 26.9. The molecule has 0 saturated carbocycles. The number of hydrogen-bond acceptors (Lipinski definition) is 4. The SMILES string of the molecule is CCCCCCCCCCOCC(COCCCCCCCCCC)(CC(C)N(C)C)C(CC)N(C)C. The van der Waals surface area contributed by atoms with Crippen LogP contribution in [0.3, 0.4) is 0 Å². The summed E-state index contributed by atoms with van der Waals surface area (Å²) >= 11 is 0. The van der Waals surface area contributed by atoms with E-state index in [1.807, 2.05) is 0 Å². The minimum atomic E-state index is 0.0161. The van der Waals surface area contributed by atoms with Crippen LogP contribution in [0.15, 0.2) is 0 Å². The molecule has 0 aliphatic heterocycles. The maximum absolute atomic E-state index is 6.48. The molecule has 4 nitrogen and oxygen atoms in total. The molecule has 224 valence electrons. The Morgan fingerprint density at radius 2 is 0.919 bits per heavy atom. The highest BCUT2D eigenvalue weighted by Crippen LogP contribution is 2.35. The first-order valence-electron chi connectivity index (χ1n) is 16.3. The van der Waals surface area contributed by atoms with E-state index in [2.05, 4.69) is 65.7 Å². The molecule has 0 aliphatic rings. The molecular weight excluding hydrogens is 456 g/mol. The third-order valence-corrected chi connectivity index (χ3v) is 8.36. The maximum atomic E-state index is 6.48. The molecule has 37 heavy (non-hydrogen) atoms. The molecule has 0 heterocycles. The zero-order chi connectivity index (χ0) is 27.8. The first-order valence-corrected chi connectivity index (χ1v) is 16.3. The van der Waals surface area contributed by atoms with Crippen LogP contribution in [0.25, 0.3) is 0 Å². The number of unbranched alkanes of at least 4 members (excludes halogenated alkanes) is 14. The van der Waals surface area contributed by atoms with Crippen LogP contribution in [0.5, 0.6) is 0 Å². The van der Waals surface area contributed by atoms with Crippen molar-refractivity contribution in [2.45, 2.75) is 155 Å². The Balaban J connectivity index is 4.82. The number of ether oxygens (including phenoxy) is 2. The van der Waals surface area contributed by atoms with Gasteiger partial charge < -0.3 is 19.3 Å². The summed E-state index contributed by atoms with van der Waals surface area (Å²) in [4.78, 5) is 4.77. The Labute approximate surface area is 234 Å². The van der Waals surface area contributed by atoms with Gasteiger partial charge in [0.05, 0.1) is 13.2 Å². The van der Waals surface area contributed by atoms with E-state index in [4.69, 9.17) is 9.47 Å². The summed E-state index contributed by atoms with van der Waals surface area (Å²) in [6.07, 6.45) is 23.7. The van der Waals surface area contributed by atoms with Crippen molar-refractivity contribution in [3.8, 4) is 0 Å². The molecule has 2 atom stereocenters. The molecule has 0 bridgehead atoms. The fraction of sp³-hybridized carbons (Fsp3) is 1.00. The average Bonchev–Trinajstić information content (AvgIpc) is 2.86. The van der Waals surface area contributed by atoms with Crippen LogP contribution in [0.2, 0.25) is 0 Å². The molecule has 0 aromatic heterocycles. The molecule has 0 fully saturated rings. The van der Waals surface area contributed by atoms with Crippen LogP contribution in [0, 0.1) is 5.41 Å². The van der Waals surface area contributed by atoms with Gasteiger partial charge in [-0.05, 0) is 60.8 Å². The molecule has 0 spiro atoms. The summed E-state index contributed by atoms with van der Waals surface area (Å²) in [5, 5.41) is 0. The Bertz CT molecular complexity index is 445. The van der Waals surface area contributed by atoms with E-state index in [9.17, 15) is 0 Å². The van der Waals surface area contributed by atoms with Crippen LogP contribution < -0.4 is 0 Å². The van der Waals surface area contributed by atoms with Gasteiger partial charge in [0.1, 0.15) is 0 Å². The lowest BCUT2D eigenvalue weighted by Crippen LogP contribution is -2.53. The van der Waals surface area contributed by atoms with E-state index in [-0.39, 0.29) is 5.41 Å². The Morgan fingerprint density at radius 3 is 1.24 bits per heavy atom. The second-order valence-corrected chi connectivity index (χ2v) is 12.3. The van der Waals surface area contributed by atoms with Crippen molar-refractivity contribution < 1.29 is 9.47 Å². The van der Waals surface area contributed by atoms with Crippen molar-refractivity contribution in [2.24, 2.45) is 5.41 Å². The normalized spacial score (nSPS) is 14.1. The predicted molar refractivity (Wildman–Crippen MR) is 165 cm³/mol. The highest BCUT2D eigenvalue weighted by molar-refractivity contribution is 4.93. The third-order valence-electron chi connectivity index (χ3n) is 8.36. The van der Waals surface area contributed by atoms with Crippen molar-refractivity contribution in [3.63, 3.8) is 0 Å². The van der Waals surface area contributed by atoms with Gasteiger partial charge in [-0.3, -0.25) is 0 Å². The predicted octanol–water partition coefficient (Wildman–Crippen LogP) is 8.97. The average molecular weight is 527 g/mol. The van der Waals surface area contributed by atoms with Crippen molar-refractivity contribution in [1.29, 1.82) is 0 Å². The van der Waals surface area contributed by atoms with Gasteiger partial charge in [-0.1, -0.05) is 111 Å². The molecular formula is C33H70N2O2. The van der Waals surface area contributed by atoms with Gasteiger partial charge in [-0.25, -0.2) is 0 Å². The molecule has 0 amide bonds. The second kappa shape index (κ2) is 24.9. The Kier molecular flexibility index (Phi) is 24.7. The number of hydrogen-bond donors (Lipinski definition) is 0. The lowest BCUT2D eigenvalue weighted by atomic mass is 9.74. The van der Waals surface area contributed by atoms with Gasteiger partial charge in [0.25, 0.3) is 0 Å². The van der Waals surface area contributed by atoms with Gasteiger partial charge in [0.15, 0.2) is 0 Å². The van der Waals surface area contributed by atoms with Crippen LogP contribution in [0.4, 0.5) is 0 Å². The van der Waals surface area contributed by atoms with Gasteiger partial charge >= 0.3 is 0 Å². The first kappa shape index (κ1) is 36.8. The molecule has 0 radical (unpaired) electrons. The summed E-state index contributed by atoms with van der Waals surface area (Å²) in [5.41, 5.74) is 0.0161. The second-order valence-electron chi connectivity index (χ2n) is 12.3. The highest BCUT2D eigenvalue weighted by atomic mass is 16.5. The van der Waals surface area contributed by atoms with E-state index in [1.165, 1.54) is 103 Å². The summed E-state index contributed by atoms with van der Waals surface area (Å²) in [5.74, 6) is 0. The standard InChI is InChI=1S/C33H70N2O2/c1-9-12-14-16-18-20-22-24-26-36-29-33(28-31(4)34(5)6,32(11-3)35(7)8)30-37-27-25-23-21-19-17-15-13-10-2/h31-32H,9-30H2,1-8H3. The quantitative estimate of drug-likeness (QED) is 0.0950. The summed E-state index contributed by atoms with van der Waals surface area (Å²) in [6, 6.07) is 0.944. The van der Waals surface area contributed by atoms with Gasteiger partial charge in [0, 0.05) is 30.7 Å². The van der Waals surface area contributed by atoms with E-state index in [0.29, 0.717) is 12.1 Å². The van der Waals surface area contributed by atoms with Crippen molar-refractivity contribution >= 4 is 0 Å². The topological polar surface area (TPSA) is 24.9 Å². The van der Waals surface area contributed by atoms with Gasteiger partial charge in [0.2, 0.25) is 0 Å². The molecule has 0 aliphatic carbocycles. The van der Waals surface area contributed by atoms with Gasteiger partial charge in [-0.15, -0.1) is 0 Å². The maximum Gasteiger partial charge on any atom is 0.0560 e. The van der Waals surface area contributed by atoms with Crippen LogP contribution >= 0.6 is 0 Å². The number of rotatable bonds is 28.